The molecule has 162 valence electrons. The van der Waals surface area contributed by atoms with Crippen LogP contribution in [0.25, 0.3) is 22.9 Å². The van der Waals surface area contributed by atoms with Gasteiger partial charge < -0.3 is 8.83 Å². The van der Waals surface area contributed by atoms with Gasteiger partial charge in [0.1, 0.15) is 5.69 Å². The molecular weight excluding hydrogens is 436 g/mol. The maximum atomic E-state index is 13.3. The average molecular weight is 455 g/mol. The molecule has 7 nitrogen and oxygen atoms in total. The van der Waals surface area contributed by atoms with Crippen molar-refractivity contribution in [2.24, 2.45) is 0 Å². The molecule has 3 heterocycles. The fourth-order valence-electron chi connectivity index (χ4n) is 3.32. The summed E-state index contributed by atoms with van der Waals surface area (Å²) in [5, 5.41) is 8.88. The van der Waals surface area contributed by atoms with Gasteiger partial charge in [-0.3, -0.25) is 9.69 Å². The van der Waals surface area contributed by atoms with E-state index in [4.69, 9.17) is 8.83 Å². The molecule has 0 bridgehead atoms. The summed E-state index contributed by atoms with van der Waals surface area (Å²) in [6.45, 7) is 0. The zero-order valence-corrected chi connectivity index (χ0v) is 18.2. The highest BCUT2D eigenvalue weighted by molar-refractivity contribution is 7.99. The Hall–Kier alpha value is -4.17. The summed E-state index contributed by atoms with van der Waals surface area (Å²) in [6, 6.07) is 26.2. The Bertz CT molecular complexity index is 1290. The van der Waals surface area contributed by atoms with Gasteiger partial charge in [-0.15, -0.1) is 10.2 Å². The summed E-state index contributed by atoms with van der Waals surface area (Å²) in [6.07, 6.45) is 3.13. The normalized spacial score (nSPS) is 10.8. The molecule has 3 aromatic heterocycles. The van der Waals surface area contributed by atoms with Crippen molar-refractivity contribution >= 4 is 29.0 Å². The number of para-hydroxylation sites is 2. The number of rotatable bonds is 7. The van der Waals surface area contributed by atoms with Crippen molar-refractivity contribution in [3.05, 3.63) is 97.5 Å². The number of amides is 1. The van der Waals surface area contributed by atoms with Gasteiger partial charge in [0.2, 0.25) is 11.1 Å². The number of carbonyl (C=O) groups is 1. The molecule has 0 fully saturated rings. The Balaban J connectivity index is 1.41. The van der Waals surface area contributed by atoms with E-state index in [1.54, 1.807) is 41.7 Å². The quantitative estimate of drug-likeness (QED) is 0.285. The molecule has 2 aromatic carbocycles. The SMILES string of the molecule is O=C(CSc1nnc(-c2ccco2)c(-c2ccco2)n1)N(c1ccccc1)c1ccccc1. The van der Waals surface area contributed by atoms with Gasteiger partial charge in [0, 0.05) is 11.4 Å². The smallest absolute Gasteiger partial charge is 0.242 e. The number of carbonyl (C=O) groups excluding carboxylic acids is 1. The minimum atomic E-state index is -0.101. The van der Waals surface area contributed by atoms with Crippen LogP contribution in [0.1, 0.15) is 0 Å². The first-order valence-electron chi connectivity index (χ1n) is 10.2. The predicted molar refractivity (Wildman–Crippen MR) is 126 cm³/mol. The van der Waals surface area contributed by atoms with Gasteiger partial charge in [0.15, 0.2) is 17.2 Å². The maximum Gasteiger partial charge on any atom is 0.242 e. The minimum Gasteiger partial charge on any atom is -0.463 e. The first kappa shape index (κ1) is 20.7. The van der Waals surface area contributed by atoms with E-state index < -0.39 is 0 Å². The molecule has 5 aromatic rings. The third kappa shape index (κ3) is 4.56. The molecule has 0 saturated carbocycles. The van der Waals surface area contributed by atoms with E-state index in [1.165, 1.54) is 11.8 Å². The summed E-state index contributed by atoms with van der Waals surface area (Å²) in [4.78, 5) is 19.6. The van der Waals surface area contributed by atoms with Crippen LogP contribution in [-0.4, -0.2) is 26.8 Å². The number of furan rings is 2. The molecule has 0 unspecified atom stereocenters. The number of anilines is 2. The lowest BCUT2D eigenvalue weighted by molar-refractivity contribution is -0.115. The van der Waals surface area contributed by atoms with Crippen molar-refractivity contribution in [3.63, 3.8) is 0 Å². The minimum absolute atomic E-state index is 0.101. The van der Waals surface area contributed by atoms with E-state index >= 15 is 0 Å². The molecule has 0 aliphatic heterocycles. The third-order valence-corrected chi connectivity index (χ3v) is 5.60. The number of benzene rings is 2. The fourth-order valence-corrected chi connectivity index (χ4v) is 3.95. The molecule has 0 saturated heterocycles. The first-order valence-corrected chi connectivity index (χ1v) is 11.2. The van der Waals surface area contributed by atoms with E-state index in [9.17, 15) is 4.79 Å². The van der Waals surface area contributed by atoms with Gasteiger partial charge in [-0.25, -0.2) is 4.98 Å². The summed E-state index contributed by atoms with van der Waals surface area (Å²) in [5.74, 6) is 1.10. The van der Waals surface area contributed by atoms with Crippen molar-refractivity contribution in [3.8, 4) is 22.9 Å². The number of aromatic nitrogens is 3. The summed E-state index contributed by atoms with van der Waals surface area (Å²) >= 11 is 1.22. The molecule has 33 heavy (non-hydrogen) atoms. The molecule has 0 radical (unpaired) electrons. The van der Waals surface area contributed by atoms with Gasteiger partial charge in [0.05, 0.1) is 18.3 Å². The molecule has 5 rings (SSSR count). The summed E-state index contributed by atoms with van der Waals surface area (Å²) in [7, 11) is 0. The van der Waals surface area contributed by atoms with Crippen LogP contribution in [0.15, 0.2) is 111 Å². The van der Waals surface area contributed by atoms with Crippen molar-refractivity contribution in [1.82, 2.24) is 15.2 Å². The predicted octanol–water partition coefficient (Wildman–Crippen LogP) is 5.85. The van der Waals surface area contributed by atoms with Gasteiger partial charge in [0.25, 0.3) is 0 Å². The van der Waals surface area contributed by atoms with Crippen LogP contribution in [0.3, 0.4) is 0 Å². The van der Waals surface area contributed by atoms with E-state index in [2.05, 4.69) is 15.2 Å². The largest absolute Gasteiger partial charge is 0.463 e. The van der Waals surface area contributed by atoms with E-state index in [-0.39, 0.29) is 11.7 Å². The monoisotopic (exact) mass is 454 g/mol. The number of hydrogen-bond donors (Lipinski definition) is 0. The second-order valence-corrected chi connectivity index (χ2v) is 7.88. The lowest BCUT2D eigenvalue weighted by atomic mass is 10.2. The summed E-state index contributed by atoms with van der Waals surface area (Å²) in [5.41, 5.74) is 2.55. The maximum absolute atomic E-state index is 13.3. The second kappa shape index (κ2) is 9.54. The van der Waals surface area contributed by atoms with Crippen molar-refractivity contribution in [1.29, 1.82) is 0 Å². The Kier molecular flexibility index (Phi) is 5.99. The number of hydrogen-bond acceptors (Lipinski definition) is 7. The van der Waals surface area contributed by atoms with E-state index in [0.29, 0.717) is 28.1 Å². The van der Waals surface area contributed by atoms with Crippen LogP contribution in [0.5, 0.6) is 0 Å². The van der Waals surface area contributed by atoms with Crippen LogP contribution < -0.4 is 4.90 Å². The van der Waals surface area contributed by atoms with Gasteiger partial charge >= 0.3 is 0 Å². The Morgan fingerprint density at radius 2 is 1.30 bits per heavy atom. The van der Waals surface area contributed by atoms with Crippen LogP contribution in [0, 0.1) is 0 Å². The average Bonchev–Trinajstić information content (AvgIpc) is 3.59. The highest BCUT2D eigenvalue weighted by Crippen LogP contribution is 2.31. The molecule has 8 heteroatoms. The molecule has 0 N–H and O–H groups in total. The summed E-state index contributed by atoms with van der Waals surface area (Å²) < 4.78 is 11.0. The Morgan fingerprint density at radius 3 is 1.85 bits per heavy atom. The first-order chi connectivity index (χ1) is 16.3. The van der Waals surface area contributed by atoms with Gasteiger partial charge in [-0.05, 0) is 48.5 Å². The molecule has 0 spiro atoms. The van der Waals surface area contributed by atoms with Crippen LogP contribution >= 0.6 is 11.8 Å². The van der Waals surface area contributed by atoms with E-state index in [1.807, 2.05) is 60.7 Å². The second-order valence-electron chi connectivity index (χ2n) is 6.94. The topological polar surface area (TPSA) is 85.3 Å². The van der Waals surface area contributed by atoms with Crippen molar-refractivity contribution in [2.75, 3.05) is 10.7 Å². The number of thioether (sulfide) groups is 1. The standard InChI is InChI=1S/C25H18N4O3S/c30-22(29(18-9-3-1-4-10-18)19-11-5-2-6-12-19)17-33-25-26-23(20-13-7-15-31-20)24(27-28-25)21-14-8-16-32-21/h1-16H,17H2. The van der Waals surface area contributed by atoms with Crippen LogP contribution in [0.2, 0.25) is 0 Å². The molecular formula is C25H18N4O3S. The zero-order chi connectivity index (χ0) is 22.5. The Labute approximate surface area is 194 Å². The molecule has 0 aliphatic carbocycles. The fraction of sp³-hybridized carbons (Fsp3) is 0.0400. The lowest BCUT2D eigenvalue weighted by Crippen LogP contribution is -2.27. The lowest BCUT2D eigenvalue weighted by Gasteiger charge is -2.22. The molecule has 0 aliphatic rings. The highest BCUT2D eigenvalue weighted by Gasteiger charge is 2.21. The third-order valence-electron chi connectivity index (χ3n) is 4.78. The van der Waals surface area contributed by atoms with Gasteiger partial charge in [-0.2, -0.15) is 0 Å². The van der Waals surface area contributed by atoms with Gasteiger partial charge in [-0.1, -0.05) is 48.2 Å². The molecule has 0 atom stereocenters. The van der Waals surface area contributed by atoms with E-state index in [0.717, 1.165) is 11.4 Å². The molecule has 1 amide bonds. The Morgan fingerprint density at radius 1 is 0.727 bits per heavy atom. The van der Waals surface area contributed by atoms with Crippen molar-refractivity contribution in [2.45, 2.75) is 5.16 Å². The number of nitrogens with zero attached hydrogens (tertiary/aromatic N) is 4. The highest BCUT2D eigenvalue weighted by atomic mass is 32.2. The van der Waals surface area contributed by atoms with Crippen LogP contribution in [0.4, 0.5) is 11.4 Å². The van der Waals surface area contributed by atoms with Crippen LogP contribution in [-0.2, 0) is 4.79 Å². The zero-order valence-electron chi connectivity index (χ0n) is 17.4. The van der Waals surface area contributed by atoms with Crippen molar-refractivity contribution < 1.29 is 13.6 Å².